The van der Waals surface area contributed by atoms with Crippen molar-refractivity contribution in [2.75, 3.05) is 19.8 Å². The van der Waals surface area contributed by atoms with Crippen LogP contribution in [0.25, 0.3) is 0 Å². The summed E-state index contributed by atoms with van der Waals surface area (Å²) in [4.78, 5) is 11.3. The van der Waals surface area contributed by atoms with Gasteiger partial charge in [0.15, 0.2) is 0 Å². The first kappa shape index (κ1) is 14.4. The molecule has 1 atom stereocenters. The third kappa shape index (κ3) is 5.74. The summed E-state index contributed by atoms with van der Waals surface area (Å²) in [5, 5.41) is 3.12. The third-order valence-electron chi connectivity index (χ3n) is 2.34. The van der Waals surface area contributed by atoms with Crippen LogP contribution in [-0.2, 0) is 9.53 Å². The molecule has 1 unspecified atom stereocenters. The molecule has 1 amide bonds. The van der Waals surface area contributed by atoms with Crippen molar-refractivity contribution in [3.8, 4) is 0 Å². The van der Waals surface area contributed by atoms with Gasteiger partial charge in [-0.1, -0.05) is 20.3 Å². The number of hydrogen-bond acceptors (Lipinski definition) is 3. The van der Waals surface area contributed by atoms with Crippen LogP contribution in [-0.4, -0.2) is 31.2 Å². The zero-order chi connectivity index (χ0) is 11.7. The fourth-order valence-corrected chi connectivity index (χ4v) is 1.13. The van der Waals surface area contributed by atoms with Gasteiger partial charge in [-0.15, -0.1) is 0 Å². The molecule has 0 spiro atoms. The summed E-state index contributed by atoms with van der Waals surface area (Å²) in [7, 11) is 0. The van der Waals surface area contributed by atoms with Crippen molar-refractivity contribution in [1.29, 1.82) is 0 Å². The molecule has 0 heterocycles. The highest BCUT2D eigenvalue weighted by atomic mass is 16.5. The zero-order valence-electron chi connectivity index (χ0n) is 10.1. The van der Waals surface area contributed by atoms with Crippen molar-refractivity contribution in [2.45, 2.75) is 45.6 Å². The molecule has 0 aromatic heterocycles. The van der Waals surface area contributed by atoms with Crippen molar-refractivity contribution in [3.63, 3.8) is 0 Å². The molecule has 0 bridgehead atoms. The third-order valence-corrected chi connectivity index (χ3v) is 2.34. The monoisotopic (exact) mass is 216 g/mol. The molecule has 4 heteroatoms. The highest BCUT2D eigenvalue weighted by Gasteiger charge is 2.30. The molecule has 0 aliphatic rings. The van der Waals surface area contributed by atoms with Gasteiger partial charge in [-0.3, -0.25) is 4.79 Å². The number of rotatable bonds is 9. The zero-order valence-corrected chi connectivity index (χ0v) is 10.1. The smallest absolute Gasteiger partial charge is 0.239 e. The minimum atomic E-state index is -0.732. The van der Waals surface area contributed by atoms with E-state index in [1.54, 1.807) is 6.92 Å². The van der Waals surface area contributed by atoms with Gasteiger partial charge in [0.05, 0.1) is 6.61 Å². The molecule has 0 aliphatic heterocycles. The first-order valence-corrected chi connectivity index (χ1v) is 5.69. The Balaban J connectivity index is 3.96. The Kier molecular flexibility index (Phi) is 7.34. The summed E-state index contributed by atoms with van der Waals surface area (Å²) in [6.07, 6.45) is 3.08. The predicted molar refractivity (Wildman–Crippen MR) is 61.6 cm³/mol. The van der Waals surface area contributed by atoms with E-state index in [0.717, 1.165) is 25.8 Å². The van der Waals surface area contributed by atoms with E-state index >= 15 is 0 Å². The summed E-state index contributed by atoms with van der Waals surface area (Å²) >= 11 is 0. The average molecular weight is 216 g/mol. The summed E-state index contributed by atoms with van der Waals surface area (Å²) in [6, 6.07) is 0. The Morgan fingerprint density at radius 1 is 1.40 bits per heavy atom. The largest absolute Gasteiger partial charge is 0.379 e. The van der Waals surface area contributed by atoms with Crippen LogP contribution in [0.2, 0.25) is 0 Å². The lowest BCUT2D eigenvalue weighted by atomic mass is 10.0. The molecule has 0 aromatic rings. The highest BCUT2D eigenvalue weighted by Crippen LogP contribution is 2.04. The summed E-state index contributed by atoms with van der Waals surface area (Å²) < 4.78 is 5.43. The Hall–Kier alpha value is -0.610. The molecular weight excluding hydrogens is 192 g/mol. The van der Waals surface area contributed by atoms with Crippen molar-refractivity contribution >= 4 is 5.91 Å². The Morgan fingerprint density at radius 2 is 2.07 bits per heavy atom. The topological polar surface area (TPSA) is 64.3 Å². The first-order chi connectivity index (χ1) is 7.06. The van der Waals surface area contributed by atoms with E-state index in [9.17, 15) is 4.79 Å². The van der Waals surface area contributed by atoms with E-state index in [-0.39, 0.29) is 5.91 Å². The number of hydrogen-bond donors (Lipinski definition) is 2. The van der Waals surface area contributed by atoms with Crippen molar-refractivity contribution in [2.24, 2.45) is 5.73 Å². The standard InChI is InChI=1S/C11H24N2O2/c1-4-6-8-15-9-11(3,10(12)14)13-7-5-2/h13H,4-9H2,1-3H3,(H2,12,14). The fraction of sp³-hybridized carbons (Fsp3) is 0.909. The lowest BCUT2D eigenvalue weighted by molar-refractivity contribution is -0.126. The number of carbonyl (C=O) groups is 1. The van der Waals surface area contributed by atoms with E-state index in [1.165, 1.54) is 0 Å². The van der Waals surface area contributed by atoms with E-state index in [4.69, 9.17) is 10.5 Å². The molecule has 0 radical (unpaired) electrons. The minimum absolute atomic E-state index is 0.350. The maximum Gasteiger partial charge on any atom is 0.239 e. The molecule has 0 fully saturated rings. The van der Waals surface area contributed by atoms with Gasteiger partial charge in [0.25, 0.3) is 0 Å². The van der Waals surface area contributed by atoms with Crippen LogP contribution in [0.15, 0.2) is 0 Å². The minimum Gasteiger partial charge on any atom is -0.379 e. The second-order valence-electron chi connectivity index (χ2n) is 4.03. The normalized spacial score (nSPS) is 14.9. The van der Waals surface area contributed by atoms with Gasteiger partial charge in [-0.2, -0.15) is 0 Å². The molecule has 3 N–H and O–H groups in total. The van der Waals surface area contributed by atoms with Crippen LogP contribution in [0.4, 0.5) is 0 Å². The lowest BCUT2D eigenvalue weighted by Crippen LogP contribution is -2.56. The first-order valence-electron chi connectivity index (χ1n) is 5.69. The summed E-state index contributed by atoms with van der Waals surface area (Å²) in [6.45, 7) is 7.75. The predicted octanol–water partition coefficient (Wildman–Crippen LogP) is 1.05. The highest BCUT2D eigenvalue weighted by molar-refractivity contribution is 5.84. The molecule has 4 nitrogen and oxygen atoms in total. The van der Waals surface area contributed by atoms with Gasteiger partial charge in [0.2, 0.25) is 5.91 Å². The fourth-order valence-electron chi connectivity index (χ4n) is 1.13. The van der Waals surface area contributed by atoms with Crippen LogP contribution in [0.3, 0.4) is 0 Å². The van der Waals surface area contributed by atoms with Gasteiger partial charge in [0.1, 0.15) is 5.54 Å². The second-order valence-corrected chi connectivity index (χ2v) is 4.03. The summed E-state index contributed by atoms with van der Waals surface area (Å²) in [5.41, 5.74) is 4.61. The van der Waals surface area contributed by atoms with Gasteiger partial charge in [-0.25, -0.2) is 0 Å². The lowest BCUT2D eigenvalue weighted by Gasteiger charge is -2.27. The van der Waals surface area contributed by atoms with E-state index in [0.29, 0.717) is 13.2 Å². The summed E-state index contributed by atoms with van der Waals surface area (Å²) in [5.74, 6) is -0.354. The van der Waals surface area contributed by atoms with Crippen LogP contribution in [0.5, 0.6) is 0 Å². The van der Waals surface area contributed by atoms with Crippen LogP contribution >= 0.6 is 0 Å². The number of ether oxygens (including phenoxy) is 1. The Labute approximate surface area is 92.6 Å². The number of carbonyl (C=O) groups excluding carboxylic acids is 1. The maximum absolute atomic E-state index is 11.3. The molecule has 0 saturated heterocycles. The molecule has 90 valence electrons. The Morgan fingerprint density at radius 3 is 2.53 bits per heavy atom. The number of nitrogens with two attached hydrogens (primary N) is 1. The van der Waals surface area contributed by atoms with Gasteiger partial charge >= 0.3 is 0 Å². The molecule has 0 aromatic carbocycles. The van der Waals surface area contributed by atoms with Gasteiger partial charge in [-0.05, 0) is 26.3 Å². The van der Waals surface area contributed by atoms with E-state index < -0.39 is 5.54 Å². The molecular formula is C11H24N2O2. The maximum atomic E-state index is 11.3. The van der Waals surface area contributed by atoms with Gasteiger partial charge in [0, 0.05) is 6.61 Å². The number of unbranched alkanes of at least 4 members (excludes halogenated alkanes) is 1. The molecule has 15 heavy (non-hydrogen) atoms. The molecule has 0 aliphatic carbocycles. The van der Waals surface area contributed by atoms with Gasteiger partial charge < -0.3 is 15.8 Å². The quantitative estimate of drug-likeness (QED) is 0.566. The van der Waals surface area contributed by atoms with Crippen LogP contribution in [0, 0.1) is 0 Å². The number of primary amides is 1. The second kappa shape index (κ2) is 7.65. The Bertz CT molecular complexity index is 185. The molecule has 0 saturated carbocycles. The van der Waals surface area contributed by atoms with Crippen LogP contribution in [0.1, 0.15) is 40.0 Å². The average Bonchev–Trinajstić information content (AvgIpc) is 2.21. The van der Waals surface area contributed by atoms with E-state index in [1.807, 2.05) is 6.92 Å². The number of nitrogens with one attached hydrogen (secondary N) is 1. The van der Waals surface area contributed by atoms with Crippen molar-refractivity contribution in [1.82, 2.24) is 5.32 Å². The van der Waals surface area contributed by atoms with E-state index in [2.05, 4.69) is 12.2 Å². The van der Waals surface area contributed by atoms with Crippen molar-refractivity contribution in [3.05, 3.63) is 0 Å². The van der Waals surface area contributed by atoms with Crippen LogP contribution < -0.4 is 11.1 Å². The van der Waals surface area contributed by atoms with Crippen molar-refractivity contribution < 1.29 is 9.53 Å². The number of amides is 1. The molecule has 0 rings (SSSR count). The SMILES string of the molecule is CCCCOCC(C)(NCCC)C(N)=O.